The molecular weight excluding hydrogens is 222 g/mol. The molecule has 0 atom stereocenters. The Morgan fingerprint density at radius 3 is 3.06 bits per heavy atom. The van der Waals surface area contributed by atoms with E-state index in [4.69, 9.17) is 5.73 Å². The Morgan fingerprint density at radius 2 is 2.44 bits per heavy atom. The summed E-state index contributed by atoms with van der Waals surface area (Å²) in [6.45, 7) is 4.29. The minimum atomic E-state index is -0.0587. The fourth-order valence-electron chi connectivity index (χ4n) is 1.32. The summed E-state index contributed by atoms with van der Waals surface area (Å²) in [5.41, 5.74) is 6.33. The molecule has 0 aromatic carbocycles. The normalized spacial score (nSPS) is 14.5. The average Bonchev–Trinajstić information content (AvgIpc) is 2.97. The number of anilines is 2. The molecule has 4 nitrogen and oxygen atoms in total. The number of amides is 1. The van der Waals surface area contributed by atoms with Crippen molar-refractivity contribution < 1.29 is 4.79 Å². The summed E-state index contributed by atoms with van der Waals surface area (Å²) >= 11 is 1.38. The fourth-order valence-corrected chi connectivity index (χ4v) is 2.21. The minimum absolute atomic E-state index is 0.0587. The molecule has 1 aliphatic rings. The molecule has 1 aromatic heterocycles. The van der Waals surface area contributed by atoms with Crippen LogP contribution in [0.2, 0.25) is 0 Å². The third-order valence-corrected chi connectivity index (χ3v) is 3.41. The molecule has 1 amide bonds. The van der Waals surface area contributed by atoms with Crippen LogP contribution in [-0.4, -0.2) is 18.5 Å². The zero-order valence-corrected chi connectivity index (χ0v) is 9.77. The molecule has 5 heteroatoms. The number of hydrogen-bond donors (Lipinski definition) is 3. The molecule has 1 heterocycles. The van der Waals surface area contributed by atoms with Crippen LogP contribution in [0.15, 0.2) is 18.7 Å². The Morgan fingerprint density at radius 1 is 1.69 bits per heavy atom. The van der Waals surface area contributed by atoms with E-state index in [1.165, 1.54) is 11.3 Å². The zero-order chi connectivity index (χ0) is 11.5. The molecule has 86 valence electrons. The Kier molecular flexibility index (Phi) is 3.14. The van der Waals surface area contributed by atoms with E-state index in [1.807, 2.05) is 0 Å². The van der Waals surface area contributed by atoms with Crippen LogP contribution in [0.1, 0.15) is 22.5 Å². The number of thiophene rings is 1. The largest absolute Gasteiger partial charge is 0.397 e. The summed E-state index contributed by atoms with van der Waals surface area (Å²) in [7, 11) is 0. The van der Waals surface area contributed by atoms with Crippen LogP contribution >= 0.6 is 11.3 Å². The molecule has 0 unspecified atom stereocenters. The predicted octanol–water partition coefficient (Wildman–Crippen LogP) is 1.82. The van der Waals surface area contributed by atoms with Crippen molar-refractivity contribution in [1.82, 2.24) is 5.32 Å². The summed E-state index contributed by atoms with van der Waals surface area (Å²) < 4.78 is 0. The van der Waals surface area contributed by atoms with Gasteiger partial charge in [-0.2, -0.15) is 0 Å². The van der Waals surface area contributed by atoms with Crippen molar-refractivity contribution in [3.63, 3.8) is 0 Å². The molecule has 0 aliphatic heterocycles. The first-order valence-electron chi connectivity index (χ1n) is 5.25. The SMILES string of the molecule is C=CCNc1cc(N)c(C(=O)NC2CC2)s1. The molecule has 1 saturated carbocycles. The third kappa shape index (κ3) is 2.55. The van der Waals surface area contributed by atoms with Crippen LogP contribution in [-0.2, 0) is 0 Å². The number of carbonyl (C=O) groups excluding carboxylic acids is 1. The van der Waals surface area contributed by atoms with Crippen molar-refractivity contribution in [3.8, 4) is 0 Å². The maximum Gasteiger partial charge on any atom is 0.263 e. The number of carbonyl (C=O) groups is 1. The van der Waals surface area contributed by atoms with Crippen molar-refractivity contribution in [2.75, 3.05) is 17.6 Å². The van der Waals surface area contributed by atoms with Gasteiger partial charge in [-0.25, -0.2) is 0 Å². The number of nitrogen functional groups attached to an aromatic ring is 1. The van der Waals surface area contributed by atoms with Gasteiger partial charge in [-0.05, 0) is 18.9 Å². The monoisotopic (exact) mass is 237 g/mol. The van der Waals surface area contributed by atoms with E-state index in [-0.39, 0.29) is 5.91 Å². The van der Waals surface area contributed by atoms with Gasteiger partial charge >= 0.3 is 0 Å². The first kappa shape index (κ1) is 11.0. The Bertz CT molecular complexity index is 409. The smallest absolute Gasteiger partial charge is 0.263 e. The summed E-state index contributed by atoms with van der Waals surface area (Å²) in [4.78, 5) is 12.4. The van der Waals surface area contributed by atoms with Crippen LogP contribution < -0.4 is 16.4 Å². The van der Waals surface area contributed by atoms with Crippen molar-refractivity contribution in [2.45, 2.75) is 18.9 Å². The van der Waals surface area contributed by atoms with E-state index in [9.17, 15) is 4.79 Å². The summed E-state index contributed by atoms with van der Waals surface area (Å²) in [5, 5.41) is 6.95. The molecule has 0 bridgehead atoms. The van der Waals surface area contributed by atoms with E-state index in [2.05, 4.69) is 17.2 Å². The standard InChI is InChI=1S/C11H15N3OS/c1-2-5-13-9-6-8(12)10(16-9)11(15)14-7-3-4-7/h2,6-7,13H,1,3-5,12H2,(H,14,15). The van der Waals surface area contributed by atoms with Crippen LogP contribution in [0.5, 0.6) is 0 Å². The maximum atomic E-state index is 11.8. The van der Waals surface area contributed by atoms with Gasteiger partial charge in [-0.15, -0.1) is 17.9 Å². The first-order chi connectivity index (χ1) is 7.70. The number of nitrogens with two attached hydrogens (primary N) is 1. The van der Waals surface area contributed by atoms with Gasteiger partial charge in [-0.1, -0.05) is 6.08 Å². The molecular formula is C11H15N3OS. The number of rotatable bonds is 5. The second kappa shape index (κ2) is 4.57. The zero-order valence-electron chi connectivity index (χ0n) is 8.95. The number of nitrogens with one attached hydrogen (secondary N) is 2. The van der Waals surface area contributed by atoms with E-state index < -0.39 is 0 Å². The van der Waals surface area contributed by atoms with Crippen molar-refractivity contribution in [2.24, 2.45) is 0 Å². The Balaban J connectivity index is 2.04. The van der Waals surface area contributed by atoms with Gasteiger partial charge in [0.25, 0.3) is 5.91 Å². The maximum absolute atomic E-state index is 11.8. The molecule has 2 rings (SSSR count). The molecule has 1 aromatic rings. The van der Waals surface area contributed by atoms with Gasteiger partial charge in [-0.3, -0.25) is 4.79 Å². The molecule has 0 radical (unpaired) electrons. The molecule has 0 saturated heterocycles. The van der Waals surface area contributed by atoms with E-state index in [1.54, 1.807) is 12.1 Å². The van der Waals surface area contributed by atoms with E-state index >= 15 is 0 Å². The highest BCUT2D eigenvalue weighted by Gasteiger charge is 2.25. The lowest BCUT2D eigenvalue weighted by atomic mass is 10.3. The van der Waals surface area contributed by atoms with Gasteiger partial charge in [0.05, 0.1) is 10.7 Å². The highest BCUT2D eigenvalue weighted by atomic mass is 32.1. The summed E-state index contributed by atoms with van der Waals surface area (Å²) in [5.74, 6) is -0.0587. The van der Waals surface area contributed by atoms with Gasteiger partial charge in [0.1, 0.15) is 4.88 Å². The summed E-state index contributed by atoms with van der Waals surface area (Å²) in [6.07, 6.45) is 3.93. The summed E-state index contributed by atoms with van der Waals surface area (Å²) in [6, 6.07) is 2.15. The lowest BCUT2D eigenvalue weighted by Gasteiger charge is -2.00. The second-order valence-electron chi connectivity index (χ2n) is 3.81. The van der Waals surface area contributed by atoms with E-state index in [0.717, 1.165) is 17.8 Å². The highest BCUT2D eigenvalue weighted by Crippen LogP contribution is 2.30. The fraction of sp³-hybridized carbons (Fsp3) is 0.364. The van der Waals surface area contributed by atoms with Crippen molar-refractivity contribution in [1.29, 1.82) is 0 Å². The van der Waals surface area contributed by atoms with Crippen molar-refractivity contribution in [3.05, 3.63) is 23.6 Å². The van der Waals surface area contributed by atoms with Gasteiger partial charge in [0.15, 0.2) is 0 Å². The van der Waals surface area contributed by atoms with Gasteiger partial charge < -0.3 is 16.4 Å². The van der Waals surface area contributed by atoms with Crippen LogP contribution in [0.4, 0.5) is 10.7 Å². The lowest BCUT2D eigenvalue weighted by molar-refractivity contribution is 0.0956. The van der Waals surface area contributed by atoms with Gasteiger partial charge in [0.2, 0.25) is 0 Å². The molecule has 1 fully saturated rings. The predicted molar refractivity (Wildman–Crippen MR) is 67.9 cm³/mol. The minimum Gasteiger partial charge on any atom is -0.397 e. The molecule has 4 N–H and O–H groups in total. The quantitative estimate of drug-likeness (QED) is 0.684. The highest BCUT2D eigenvalue weighted by molar-refractivity contribution is 7.18. The lowest BCUT2D eigenvalue weighted by Crippen LogP contribution is -2.25. The number of hydrogen-bond acceptors (Lipinski definition) is 4. The van der Waals surface area contributed by atoms with Crippen molar-refractivity contribution >= 4 is 27.9 Å². The van der Waals surface area contributed by atoms with Crippen LogP contribution in [0.3, 0.4) is 0 Å². The second-order valence-corrected chi connectivity index (χ2v) is 4.86. The Labute approximate surface area is 98.5 Å². The third-order valence-electron chi connectivity index (χ3n) is 2.30. The topological polar surface area (TPSA) is 67.1 Å². The van der Waals surface area contributed by atoms with E-state index in [0.29, 0.717) is 23.2 Å². The van der Waals surface area contributed by atoms with Crippen LogP contribution in [0, 0.1) is 0 Å². The van der Waals surface area contributed by atoms with Gasteiger partial charge in [0, 0.05) is 12.6 Å². The Hall–Kier alpha value is -1.49. The molecule has 1 aliphatic carbocycles. The first-order valence-corrected chi connectivity index (χ1v) is 6.07. The molecule has 0 spiro atoms. The molecule has 16 heavy (non-hydrogen) atoms. The average molecular weight is 237 g/mol. The van der Waals surface area contributed by atoms with Crippen LogP contribution in [0.25, 0.3) is 0 Å².